The zero-order valence-corrected chi connectivity index (χ0v) is 43.1. The molecule has 0 spiro atoms. The molecule has 1 fully saturated rings. The Balaban J connectivity index is 1.26. The molecular weight excluding hydrogens is 851 g/mol. The number of nitrogens with one attached hydrogen (secondary N) is 2. The third-order valence-corrected chi connectivity index (χ3v) is 14.7. The number of H-pyrrole nitrogens is 2. The van der Waals surface area contributed by atoms with Crippen LogP contribution in [0.5, 0.6) is 0 Å². The third kappa shape index (κ3) is 13.6. The van der Waals surface area contributed by atoms with Crippen molar-refractivity contribution in [3.8, 4) is 23.7 Å². The average Bonchev–Trinajstić information content (AvgIpc) is 4.25. The van der Waals surface area contributed by atoms with E-state index in [0.29, 0.717) is 5.92 Å². The van der Waals surface area contributed by atoms with Gasteiger partial charge in [0.05, 0.1) is 44.9 Å². The van der Waals surface area contributed by atoms with Gasteiger partial charge in [-0.1, -0.05) is 165 Å². The smallest absolute Gasteiger partial charge is 0.0815 e. The lowest BCUT2D eigenvalue weighted by Gasteiger charge is -2.25. The summed E-state index contributed by atoms with van der Waals surface area (Å²) in [6.07, 6.45) is 36.1. The molecule has 3 aromatic heterocycles. The number of fused-ring (bicyclic) bond motifs is 8. The molecule has 8 bridgehead atoms. The van der Waals surface area contributed by atoms with Crippen molar-refractivity contribution in [3.63, 3.8) is 0 Å². The highest BCUT2D eigenvalue weighted by Crippen LogP contribution is 2.37. The zero-order valence-electron chi connectivity index (χ0n) is 43.1. The predicted octanol–water partition coefficient (Wildman–Crippen LogP) is 17.5. The van der Waals surface area contributed by atoms with Crippen LogP contribution in [0.25, 0.3) is 46.4 Å². The molecule has 2 aromatic carbocycles. The summed E-state index contributed by atoms with van der Waals surface area (Å²) in [6.45, 7) is 11.2. The number of hydrogen-bond donors (Lipinski definition) is 2. The molecular formula is C65H79N5. The van der Waals surface area contributed by atoms with E-state index in [1.807, 2.05) is 0 Å². The molecule has 2 N–H and O–H groups in total. The Bertz CT molecular complexity index is 2830. The normalized spacial score (nSPS) is 13.3. The van der Waals surface area contributed by atoms with Gasteiger partial charge in [0.2, 0.25) is 0 Å². The molecule has 1 saturated carbocycles. The maximum Gasteiger partial charge on any atom is 0.0815 e. The second-order valence-electron chi connectivity index (χ2n) is 20.2. The molecule has 5 nitrogen and oxygen atoms in total. The number of aromatic nitrogens is 4. The summed E-state index contributed by atoms with van der Waals surface area (Å²) in [5.74, 6) is 14.9. The molecule has 3 aliphatic rings. The number of aromatic amines is 2. The molecule has 70 heavy (non-hydrogen) atoms. The van der Waals surface area contributed by atoms with Crippen LogP contribution in [-0.2, 0) is 6.42 Å². The number of aryl methyl sites for hydroxylation is 1. The minimum atomic E-state index is 0.430. The molecule has 0 unspecified atom stereocenters. The first-order valence-corrected chi connectivity index (χ1v) is 27.6. The number of anilines is 1. The van der Waals surface area contributed by atoms with Gasteiger partial charge in [-0.2, -0.15) is 0 Å². The molecule has 5 heteroatoms. The minimum Gasteiger partial charge on any atom is -0.372 e. The average molecular weight is 930 g/mol. The summed E-state index contributed by atoms with van der Waals surface area (Å²) in [4.78, 5) is 21.4. The molecule has 0 atom stereocenters. The first kappa shape index (κ1) is 50.4. The Labute approximate surface area is 421 Å². The number of benzene rings is 2. The van der Waals surface area contributed by atoms with E-state index in [0.717, 1.165) is 93.0 Å². The topological polar surface area (TPSA) is 60.6 Å². The Morgan fingerprint density at radius 1 is 0.471 bits per heavy atom. The van der Waals surface area contributed by atoms with Crippen LogP contribution in [0.4, 0.5) is 5.69 Å². The Morgan fingerprint density at radius 2 is 0.914 bits per heavy atom. The Hall–Kier alpha value is -6.04. The molecule has 5 heterocycles. The van der Waals surface area contributed by atoms with E-state index in [1.165, 1.54) is 151 Å². The lowest BCUT2D eigenvalue weighted by Crippen LogP contribution is -2.25. The molecule has 1 aliphatic carbocycles. The second kappa shape index (κ2) is 26.2. The summed E-state index contributed by atoms with van der Waals surface area (Å²) >= 11 is 0. The Morgan fingerprint density at radius 3 is 1.43 bits per heavy atom. The van der Waals surface area contributed by atoms with Gasteiger partial charge >= 0.3 is 0 Å². The standard InChI is InChI=1S/C65H79N5/c1-5-8-11-14-15-16-17-21-26-54-57-39-41-59(66-57)55(37-33-50-29-27-49(4)28-30-50)61-43-45-63(68-61)65(52-24-19-18-20-25-52)64-46-44-62(69-64)56(60-42-40-58(54)67-60)38-34-51-31-35-53(36-32-51)70(47-22-12-9-6-2)48-23-13-10-7-3/h27-32,35-36,39-46,52,68-69H,5-26,47-48H2,1-4H3. The van der Waals surface area contributed by atoms with Crippen LogP contribution >= 0.6 is 0 Å². The molecule has 5 aromatic rings. The highest BCUT2D eigenvalue weighted by atomic mass is 15.1. The molecule has 0 amide bonds. The summed E-state index contributed by atoms with van der Waals surface area (Å²) in [5, 5.41) is 0. The van der Waals surface area contributed by atoms with Crippen molar-refractivity contribution in [1.82, 2.24) is 19.9 Å². The van der Waals surface area contributed by atoms with E-state index in [1.54, 1.807) is 0 Å². The first-order chi connectivity index (χ1) is 34.5. The van der Waals surface area contributed by atoms with Crippen LogP contribution in [0.15, 0.2) is 72.8 Å². The van der Waals surface area contributed by atoms with Crippen LogP contribution in [0.1, 0.15) is 223 Å². The van der Waals surface area contributed by atoms with Crippen molar-refractivity contribution in [2.45, 2.75) is 175 Å². The summed E-state index contributed by atoms with van der Waals surface area (Å²) < 4.78 is 0. The highest BCUT2D eigenvalue weighted by Gasteiger charge is 2.21. The summed E-state index contributed by atoms with van der Waals surface area (Å²) in [7, 11) is 0. The quantitative estimate of drug-likeness (QED) is 0.0558. The van der Waals surface area contributed by atoms with Crippen LogP contribution in [0, 0.1) is 30.6 Å². The largest absolute Gasteiger partial charge is 0.372 e. The van der Waals surface area contributed by atoms with Gasteiger partial charge in [-0.25, -0.2) is 9.97 Å². The lowest BCUT2D eigenvalue weighted by molar-refractivity contribution is 0.446. The van der Waals surface area contributed by atoms with Crippen LogP contribution < -0.4 is 4.90 Å². The molecule has 364 valence electrons. The minimum absolute atomic E-state index is 0.430. The van der Waals surface area contributed by atoms with Crippen molar-refractivity contribution in [1.29, 1.82) is 0 Å². The highest BCUT2D eigenvalue weighted by molar-refractivity contribution is 5.86. The van der Waals surface area contributed by atoms with Gasteiger partial charge in [0.15, 0.2) is 0 Å². The predicted molar refractivity (Wildman–Crippen MR) is 301 cm³/mol. The Kier molecular flexibility index (Phi) is 18.9. The summed E-state index contributed by atoms with van der Waals surface area (Å²) in [6, 6.07) is 26.5. The number of nitrogens with zero attached hydrogens (tertiary/aromatic N) is 3. The van der Waals surface area contributed by atoms with E-state index in [9.17, 15) is 0 Å². The van der Waals surface area contributed by atoms with Crippen molar-refractivity contribution < 1.29 is 0 Å². The second-order valence-corrected chi connectivity index (χ2v) is 20.2. The van der Waals surface area contributed by atoms with Crippen molar-refractivity contribution in [2.24, 2.45) is 0 Å². The molecule has 0 radical (unpaired) electrons. The molecule has 2 aliphatic heterocycles. The van der Waals surface area contributed by atoms with Crippen molar-refractivity contribution in [3.05, 3.63) is 135 Å². The lowest BCUT2D eigenvalue weighted by atomic mass is 9.84. The molecule has 8 rings (SSSR count). The van der Waals surface area contributed by atoms with E-state index in [-0.39, 0.29) is 0 Å². The van der Waals surface area contributed by atoms with Crippen molar-refractivity contribution in [2.75, 3.05) is 18.0 Å². The third-order valence-electron chi connectivity index (χ3n) is 14.7. The van der Waals surface area contributed by atoms with Gasteiger partial charge in [0.25, 0.3) is 0 Å². The maximum atomic E-state index is 5.48. The monoisotopic (exact) mass is 930 g/mol. The van der Waals surface area contributed by atoms with E-state index >= 15 is 0 Å². The fourth-order valence-corrected chi connectivity index (χ4v) is 10.6. The SMILES string of the molecule is CCCCCCCCCCc1c2nc(c(C#Cc3ccc(C)cc3)c3ccc([nH]3)c(C3CCCCC3)c3ccc([nH]3)c(C#Cc3ccc(N(CCCCCC)CCCCCC)cc3)c3nc1C=C3)C=C2. The molecule has 0 saturated heterocycles. The zero-order chi connectivity index (χ0) is 48.3. The van der Waals surface area contributed by atoms with Gasteiger partial charge in [-0.15, -0.1) is 0 Å². The maximum absolute atomic E-state index is 5.48. The number of unbranched alkanes of at least 4 members (excludes halogenated alkanes) is 13. The van der Waals surface area contributed by atoms with Crippen LogP contribution in [0.2, 0.25) is 0 Å². The van der Waals surface area contributed by atoms with Gasteiger partial charge in [0.1, 0.15) is 0 Å². The van der Waals surface area contributed by atoms with E-state index in [2.05, 4.69) is 163 Å². The van der Waals surface area contributed by atoms with Crippen LogP contribution in [-0.4, -0.2) is 33.0 Å². The van der Waals surface area contributed by atoms with Crippen LogP contribution in [0.3, 0.4) is 0 Å². The van der Waals surface area contributed by atoms with E-state index < -0.39 is 0 Å². The van der Waals surface area contributed by atoms with Gasteiger partial charge in [-0.3, -0.25) is 0 Å². The van der Waals surface area contributed by atoms with E-state index in [4.69, 9.17) is 9.97 Å². The van der Waals surface area contributed by atoms with Gasteiger partial charge in [0, 0.05) is 52.1 Å². The van der Waals surface area contributed by atoms with Crippen molar-refractivity contribution >= 4 is 52.1 Å². The number of rotatable bonds is 21. The van der Waals surface area contributed by atoms with Gasteiger partial charge < -0.3 is 14.9 Å². The number of hydrogen-bond acceptors (Lipinski definition) is 3. The fraction of sp³-hybridized carbons (Fsp3) is 0.446. The van der Waals surface area contributed by atoms with Gasteiger partial charge in [-0.05, 0) is 136 Å². The fourth-order valence-electron chi connectivity index (χ4n) is 10.6. The summed E-state index contributed by atoms with van der Waals surface area (Å²) in [5.41, 5.74) is 16.9. The first-order valence-electron chi connectivity index (χ1n) is 27.6.